The average molecular weight is 277 g/mol. The molecule has 0 aliphatic rings. The number of nitro benzene ring substituents is 1. The molecular formula is C12H11N3O3S. The number of benzene rings is 1. The minimum Gasteiger partial charge on any atom is -0.294 e. The molecule has 0 saturated carbocycles. The third kappa shape index (κ3) is 3.00. The smallest absolute Gasteiger partial charge is 0.280 e. The van der Waals surface area contributed by atoms with E-state index in [1.807, 2.05) is 6.20 Å². The Bertz CT molecular complexity index is 651. The molecule has 0 atom stereocenters. The number of hydrogen-bond acceptors (Lipinski definition) is 5. The lowest BCUT2D eigenvalue weighted by Crippen LogP contribution is -2.00. The normalized spacial score (nSPS) is 10.4. The fourth-order valence-electron chi connectivity index (χ4n) is 1.61. The lowest BCUT2D eigenvalue weighted by Gasteiger charge is -2.02. The lowest BCUT2D eigenvalue weighted by molar-refractivity contribution is -0.385. The first-order valence-electron chi connectivity index (χ1n) is 5.43. The van der Waals surface area contributed by atoms with Gasteiger partial charge in [-0.1, -0.05) is 11.8 Å². The van der Waals surface area contributed by atoms with Gasteiger partial charge in [0.05, 0.1) is 21.6 Å². The van der Waals surface area contributed by atoms with E-state index in [0.29, 0.717) is 0 Å². The first kappa shape index (κ1) is 13.3. The number of carbonyl (C=O) groups excluding carboxylic acids is 1. The topological polar surface area (TPSA) is 78.0 Å². The maximum absolute atomic E-state index is 11.4. The molecule has 0 radical (unpaired) electrons. The number of nitro groups is 1. The number of carbonyl (C=O) groups is 1. The van der Waals surface area contributed by atoms with Gasteiger partial charge in [-0.15, -0.1) is 0 Å². The maximum Gasteiger partial charge on any atom is 0.280 e. The molecule has 2 rings (SSSR count). The van der Waals surface area contributed by atoms with E-state index in [1.54, 1.807) is 24.0 Å². The largest absolute Gasteiger partial charge is 0.294 e. The van der Waals surface area contributed by atoms with Crippen molar-refractivity contribution in [1.82, 2.24) is 9.78 Å². The van der Waals surface area contributed by atoms with E-state index in [9.17, 15) is 14.9 Å². The van der Waals surface area contributed by atoms with Gasteiger partial charge < -0.3 is 0 Å². The summed E-state index contributed by atoms with van der Waals surface area (Å²) in [4.78, 5) is 23.4. The number of hydrogen-bond donors (Lipinski definition) is 0. The average Bonchev–Trinajstić information content (AvgIpc) is 2.74. The summed E-state index contributed by atoms with van der Waals surface area (Å²) < 4.78 is 1.67. The van der Waals surface area contributed by atoms with E-state index in [1.165, 1.54) is 30.8 Å². The molecule has 0 saturated heterocycles. The van der Waals surface area contributed by atoms with Crippen LogP contribution in [-0.2, 0) is 7.05 Å². The van der Waals surface area contributed by atoms with Crippen molar-refractivity contribution >= 4 is 23.2 Å². The monoisotopic (exact) mass is 277 g/mol. The molecule has 0 unspecified atom stereocenters. The number of Topliss-reactive ketones (excluding diaryl/α,β-unsaturated/α-hetero) is 1. The molecule has 19 heavy (non-hydrogen) atoms. The number of aromatic nitrogens is 2. The van der Waals surface area contributed by atoms with E-state index >= 15 is 0 Å². The number of aryl methyl sites for hydroxylation is 1. The molecule has 1 aromatic carbocycles. The Kier molecular flexibility index (Phi) is 3.66. The minimum absolute atomic E-state index is 0.124. The zero-order valence-corrected chi connectivity index (χ0v) is 11.2. The van der Waals surface area contributed by atoms with E-state index in [2.05, 4.69) is 5.10 Å². The molecule has 0 spiro atoms. The zero-order valence-electron chi connectivity index (χ0n) is 10.4. The summed E-state index contributed by atoms with van der Waals surface area (Å²) in [5, 5.41) is 14.9. The Hall–Kier alpha value is -2.15. The fraction of sp³-hybridized carbons (Fsp3) is 0.167. The van der Waals surface area contributed by atoms with Crippen LogP contribution in [-0.4, -0.2) is 20.5 Å². The number of rotatable bonds is 4. The van der Waals surface area contributed by atoms with Crippen molar-refractivity contribution < 1.29 is 9.72 Å². The predicted molar refractivity (Wildman–Crippen MR) is 70.4 cm³/mol. The lowest BCUT2D eigenvalue weighted by atomic mass is 10.1. The molecule has 98 valence electrons. The van der Waals surface area contributed by atoms with Gasteiger partial charge in [-0.05, 0) is 19.1 Å². The van der Waals surface area contributed by atoms with E-state index in [-0.39, 0.29) is 17.0 Å². The molecule has 0 aliphatic carbocycles. The fourth-order valence-corrected chi connectivity index (χ4v) is 2.50. The molecule has 1 aromatic heterocycles. The Morgan fingerprint density at radius 1 is 1.42 bits per heavy atom. The quantitative estimate of drug-likeness (QED) is 0.487. The molecule has 7 heteroatoms. The van der Waals surface area contributed by atoms with Crippen molar-refractivity contribution in [3.8, 4) is 0 Å². The third-order valence-electron chi connectivity index (χ3n) is 2.46. The maximum atomic E-state index is 11.4. The first-order valence-corrected chi connectivity index (χ1v) is 6.25. The second-order valence-corrected chi connectivity index (χ2v) is 5.09. The van der Waals surface area contributed by atoms with E-state index < -0.39 is 4.92 Å². The Morgan fingerprint density at radius 2 is 2.16 bits per heavy atom. The second-order valence-electron chi connectivity index (χ2n) is 3.94. The standard InChI is InChI=1S/C12H11N3O3S/c1-8(16)11-5-9(3-4-12(11)15(17)18)19-10-6-13-14(2)7-10/h3-7H,1-2H3. The van der Waals surface area contributed by atoms with Crippen LogP contribution in [0, 0.1) is 10.1 Å². The number of nitrogens with zero attached hydrogens (tertiary/aromatic N) is 3. The summed E-state index contributed by atoms with van der Waals surface area (Å²) >= 11 is 1.40. The van der Waals surface area contributed by atoms with Gasteiger partial charge in [-0.25, -0.2) is 0 Å². The second kappa shape index (κ2) is 5.23. The highest BCUT2D eigenvalue weighted by atomic mass is 32.2. The molecular weight excluding hydrogens is 266 g/mol. The Labute approximate surface area is 113 Å². The van der Waals surface area contributed by atoms with Gasteiger partial charge in [0.2, 0.25) is 0 Å². The van der Waals surface area contributed by atoms with Crippen molar-refractivity contribution in [2.75, 3.05) is 0 Å². The van der Waals surface area contributed by atoms with Crippen molar-refractivity contribution in [2.45, 2.75) is 16.7 Å². The molecule has 0 fully saturated rings. The van der Waals surface area contributed by atoms with Gasteiger partial charge in [0, 0.05) is 24.2 Å². The third-order valence-corrected chi connectivity index (χ3v) is 3.40. The van der Waals surface area contributed by atoms with Gasteiger partial charge in [0.25, 0.3) is 5.69 Å². The SMILES string of the molecule is CC(=O)c1cc(Sc2cnn(C)c2)ccc1[N+](=O)[O-]. The van der Waals surface area contributed by atoms with E-state index in [0.717, 1.165) is 9.79 Å². The van der Waals surface area contributed by atoms with Crippen LogP contribution in [0.15, 0.2) is 40.4 Å². The van der Waals surface area contributed by atoms with Crippen LogP contribution in [0.4, 0.5) is 5.69 Å². The highest BCUT2D eigenvalue weighted by Gasteiger charge is 2.18. The van der Waals surface area contributed by atoms with Crippen molar-refractivity contribution in [3.63, 3.8) is 0 Å². The van der Waals surface area contributed by atoms with Crippen LogP contribution in [0.1, 0.15) is 17.3 Å². The van der Waals surface area contributed by atoms with Crippen LogP contribution < -0.4 is 0 Å². The highest BCUT2D eigenvalue weighted by molar-refractivity contribution is 7.99. The van der Waals surface area contributed by atoms with Crippen LogP contribution in [0.5, 0.6) is 0 Å². The minimum atomic E-state index is -0.546. The summed E-state index contributed by atoms with van der Waals surface area (Å²) in [6, 6.07) is 4.52. The Morgan fingerprint density at radius 3 is 2.68 bits per heavy atom. The highest BCUT2D eigenvalue weighted by Crippen LogP contribution is 2.31. The molecule has 6 nitrogen and oxygen atoms in total. The Balaban J connectivity index is 2.35. The van der Waals surface area contributed by atoms with Crippen LogP contribution in [0.25, 0.3) is 0 Å². The molecule has 0 amide bonds. The molecule has 0 N–H and O–H groups in total. The van der Waals surface area contributed by atoms with Gasteiger partial charge >= 0.3 is 0 Å². The van der Waals surface area contributed by atoms with Crippen LogP contribution in [0.3, 0.4) is 0 Å². The van der Waals surface area contributed by atoms with Crippen LogP contribution in [0.2, 0.25) is 0 Å². The summed E-state index contributed by atoms with van der Waals surface area (Å²) in [5.41, 5.74) is -0.0399. The summed E-state index contributed by atoms with van der Waals surface area (Å²) in [5.74, 6) is -0.319. The molecule has 0 bridgehead atoms. The molecule has 1 heterocycles. The zero-order chi connectivity index (χ0) is 14.0. The van der Waals surface area contributed by atoms with Gasteiger partial charge in [0.1, 0.15) is 0 Å². The predicted octanol–water partition coefficient (Wildman–Crippen LogP) is 2.68. The molecule has 0 aliphatic heterocycles. The van der Waals surface area contributed by atoms with Gasteiger partial charge in [-0.3, -0.25) is 19.6 Å². The first-order chi connectivity index (χ1) is 8.97. The number of ketones is 1. The van der Waals surface area contributed by atoms with Gasteiger partial charge in [-0.2, -0.15) is 5.10 Å². The van der Waals surface area contributed by atoms with Crippen LogP contribution >= 0.6 is 11.8 Å². The van der Waals surface area contributed by atoms with Crippen molar-refractivity contribution in [2.24, 2.45) is 7.05 Å². The van der Waals surface area contributed by atoms with Crippen molar-refractivity contribution in [1.29, 1.82) is 0 Å². The van der Waals surface area contributed by atoms with Gasteiger partial charge in [0.15, 0.2) is 5.78 Å². The summed E-state index contributed by atoms with van der Waals surface area (Å²) in [6.07, 6.45) is 3.53. The molecule has 2 aromatic rings. The van der Waals surface area contributed by atoms with Crippen molar-refractivity contribution in [3.05, 3.63) is 46.3 Å². The summed E-state index contributed by atoms with van der Waals surface area (Å²) in [6.45, 7) is 1.32. The summed E-state index contributed by atoms with van der Waals surface area (Å²) in [7, 11) is 1.81. The van der Waals surface area contributed by atoms with E-state index in [4.69, 9.17) is 0 Å².